The topological polar surface area (TPSA) is 197 Å². The van der Waals surface area contributed by atoms with E-state index in [4.69, 9.17) is 31.0 Å². The number of hydrogen-bond donors (Lipinski definition) is 3. The van der Waals surface area contributed by atoms with Crippen LogP contribution in [0, 0.1) is 0 Å². The fraction of sp³-hybridized carbons (Fsp3) is 0.320. The molecule has 0 radical (unpaired) electrons. The van der Waals surface area contributed by atoms with E-state index in [1.165, 1.54) is 24.9 Å². The zero-order valence-corrected chi connectivity index (χ0v) is 25.9. The first-order valence-electron chi connectivity index (χ1n) is 12.4. The molecule has 18 heteroatoms. The standard InChI is InChI=1S/C25H25N3O11S4/c1-13(24-26(7-3-4-8-43(35,36)37)15-10-14(38-2)5-6-17(15)41-24)9-16-21(33)27(11-18(29)30)23(39-16)20-22(34)28(12-19(31)32)25(40)42-20/h5-6,9-10H,3-4,7-8,11-12H2,1-2H3,(H,29,30)(H,31,32)(H,35,36,37)/b16-9?,23-20+,24-13?. The number of amides is 1. The number of carbonyl (C=O) groups excluding carboxylic acids is 1. The van der Waals surface area contributed by atoms with Gasteiger partial charge < -0.3 is 24.3 Å². The van der Waals surface area contributed by atoms with Crippen LogP contribution in [0.4, 0.5) is 5.69 Å². The Labute approximate surface area is 258 Å². The van der Waals surface area contributed by atoms with Crippen molar-refractivity contribution in [3.8, 4) is 5.75 Å². The Morgan fingerprint density at radius 3 is 2.42 bits per heavy atom. The number of thiocarbonyl (C=S) groups is 1. The number of benzene rings is 1. The number of fused-ring (bicyclic) bond motifs is 1. The van der Waals surface area contributed by atoms with Crippen molar-refractivity contribution in [2.45, 2.75) is 31.2 Å². The predicted octanol–water partition coefficient (Wildman–Crippen LogP) is 0.880. The monoisotopic (exact) mass is 671 g/mol. The minimum atomic E-state index is -4.12. The zero-order chi connectivity index (χ0) is 31.6. The van der Waals surface area contributed by atoms with Crippen LogP contribution in [0.1, 0.15) is 19.8 Å². The molecule has 0 bridgehead atoms. The summed E-state index contributed by atoms with van der Waals surface area (Å²) in [5.41, 5.74) is -0.157. The number of carboxylic acids is 2. The number of oxazole rings is 1. The maximum atomic E-state index is 13.3. The summed E-state index contributed by atoms with van der Waals surface area (Å²) < 4.78 is 43.2. The third kappa shape index (κ3) is 7.32. The van der Waals surface area contributed by atoms with Crippen LogP contribution in [-0.2, 0) is 31.0 Å². The Kier molecular flexibility index (Phi) is 9.75. The average Bonchev–Trinajstić information content (AvgIpc) is 3.52. The van der Waals surface area contributed by atoms with Crippen molar-refractivity contribution in [1.29, 1.82) is 0 Å². The second kappa shape index (κ2) is 13.0. The van der Waals surface area contributed by atoms with E-state index >= 15 is 0 Å². The minimum Gasteiger partial charge on any atom is -0.497 e. The molecular formula is C25H25N3O11S4. The molecule has 1 saturated heterocycles. The average molecular weight is 672 g/mol. The Morgan fingerprint density at radius 2 is 1.79 bits per heavy atom. The van der Waals surface area contributed by atoms with Gasteiger partial charge in [0.05, 0.1) is 23.6 Å². The van der Waals surface area contributed by atoms with E-state index in [1.807, 2.05) is 17.0 Å². The lowest BCUT2D eigenvalue weighted by molar-refractivity contribution is -0.140. The number of methoxy groups -OCH3 is 1. The summed E-state index contributed by atoms with van der Waals surface area (Å²) in [6.07, 6.45) is 2.00. The number of aromatic nitrogens is 1. The normalized spacial score (nSPS) is 18.0. The van der Waals surface area contributed by atoms with Crippen LogP contribution in [0.5, 0.6) is 5.75 Å². The van der Waals surface area contributed by atoms with E-state index in [0.29, 0.717) is 41.1 Å². The van der Waals surface area contributed by atoms with Crippen molar-refractivity contribution in [3.05, 3.63) is 50.1 Å². The fourth-order valence-electron chi connectivity index (χ4n) is 4.28. The Bertz CT molecular complexity index is 1840. The molecule has 1 amide bonds. The van der Waals surface area contributed by atoms with Gasteiger partial charge in [-0.15, -0.1) is 0 Å². The maximum absolute atomic E-state index is 13.3. The van der Waals surface area contributed by atoms with Crippen molar-refractivity contribution in [3.63, 3.8) is 0 Å². The van der Waals surface area contributed by atoms with Crippen LogP contribution in [0.2, 0.25) is 0 Å². The van der Waals surface area contributed by atoms with Crippen molar-refractivity contribution < 1.29 is 46.7 Å². The first kappa shape index (κ1) is 32.3. The fourth-order valence-corrected chi connectivity index (χ4v) is 7.26. The highest BCUT2D eigenvalue weighted by molar-refractivity contribution is 8.30. The highest BCUT2D eigenvalue weighted by Gasteiger charge is 2.36. The summed E-state index contributed by atoms with van der Waals surface area (Å²) >= 11 is 7.19. The number of carbonyl (C=O) groups is 3. The second-order valence-electron chi connectivity index (χ2n) is 9.25. The number of ether oxygens (including phenoxy) is 1. The zero-order valence-electron chi connectivity index (χ0n) is 22.6. The molecule has 14 nitrogen and oxygen atoms in total. The number of rotatable bonds is 11. The predicted molar refractivity (Wildman–Crippen MR) is 162 cm³/mol. The van der Waals surface area contributed by atoms with E-state index in [-0.39, 0.29) is 26.6 Å². The lowest BCUT2D eigenvalue weighted by Crippen LogP contribution is -2.36. The van der Waals surface area contributed by atoms with E-state index in [9.17, 15) is 32.7 Å². The molecule has 3 heterocycles. The number of nitrogens with zero attached hydrogens (tertiary/aromatic N) is 3. The first-order valence-corrected chi connectivity index (χ1v) is 16.1. The molecular weight excluding hydrogens is 647 g/mol. The van der Waals surface area contributed by atoms with Gasteiger partial charge in [0, 0.05) is 17.5 Å². The first-order chi connectivity index (χ1) is 20.2. The number of unbranched alkanes of at least 4 members (excludes halogenated alkanes) is 1. The van der Waals surface area contributed by atoms with Crippen molar-refractivity contribution in [2.24, 2.45) is 0 Å². The number of anilines is 1. The minimum absolute atomic E-state index is 0.0860. The number of aliphatic carboxylic acids is 2. The number of thioether (sulfide) groups is 2. The van der Waals surface area contributed by atoms with Crippen LogP contribution in [0.15, 0.2) is 42.9 Å². The Balaban J connectivity index is 1.82. The van der Waals surface area contributed by atoms with Gasteiger partial charge in [0.25, 0.3) is 21.6 Å². The number of hydrogen-bond acceptors (Lipinski definition) is 12. The van der Waals surface area contributed by atoms with Gasteiger partial charge in [-0.1, -0.05) is 24.0 Å². The molecule has 1 fully saturated rings. The summed E-state index contributed by atoms with van der Waals surface area (Å²) in [4.78, 5) is 52.4. The van der Waals surface area contributed by atoms with Crippen LogP contribution >= 0.6 is 35.7 Å². The SMILES string of the molecule is COc1ccc2c(c1)N(CCCCS(=O)(=O)O)C(=C(C)C=c1o/c(=C3/SC(=S)N(CC(=O)O)C3=O)n(CC(=O)O)c1=O)S2. The molecule has 3 N–H and O–H groups in total. The quantitative estimate of drug-likeness (QED) is 0.173. The molecule has 4 rings (SSSR count). The molecule has 0 aliphatic carbocycles. The third-order valence-electron chi connectivity index (χ3n) is 6.17. The highest BCUT2D eigenvalue weighted by atomic mass is 32.2. The largest absolute Gasteiger partial charge is 0.497 e. The van der Waals surface area contributed by atoms with Crippen molar-refractivity contribution in [2.75, 3.05) is 30.9 Å². The molecule has 2 aromatic rings. The van der Waals surface area contributed by atoms with Gasteiger partial charge in [0.15, 0.2) is 5.42 Å². The van der Waals surface area contributed by atoms with Gasteiger partial charge >= 0.3 is 11.9 Å². The lowest BCUT2D eigenvalue weighted by Gasteiger charge is -2.22. The molecule has 230 valence electrons. The molecule has 2 aliphatic heterocycles. The summed E-state index contributed by atoms with van der Waals surface area (Å²) in [7, 11) is -2.60. The van der Waals surface area contributed by atoms with E-state index in [1.54, 1.807) is 13.0 Å². The molecule has 2 aliphatic rings. The van der Waals surface area contributed by atoms with Gasteiger partial charge in [0.2, 0.25) is 5.55 Å². The smallest absolute Gasteiger partial charge is 0.323 e. The Morgan fingerprint density at radius 1 is 1.09 bits per heavy atom. The molecule has 1 aromatic carbocycles. The van der Waals surface area contributed by atoms with E-state index < -0.39 is 52.4 Å². The summed E-state index contributed by atoms with van der Waals surface area (Å²) in [5, 5.41) is 19.2. The second-order valence-corrected chi connectivity index (χ2v) is 13.5. The van der Waals surface area contributed by atoms with Crippen LogP contribution < -0.4 is 26.2 Å². The number of allylic oxidation sites excluding steroid dienone is 1. The summed E-state index contributed by atoms with van der Waals surface area (Å²) in [6, 6.07) is 5.43. The van der Waals surface area contributed by atoms with Crippen LogP contribution in [-0.4, -0.2) is 80.8 Å². The molecule has 0 unspecified atom stereocenters. The van der Waals surface area contributed by atoms with Gasteiger partial charge in [-0.3, -0.25) is 33.2 Å². The van der Waals surface area contributed by atoms with Gasteiger partial charge in [-0.25, -0.2) is 0 Å². The summed E-state index contributed by atoms with van der Waals surface area (Å²) in [6.45, 7) is 0.511. The molecule has 0 spiro atoms. The van der Waals surface area contributed by atoms with Gasteiger partial charge in [0.1, 0.15) is 28.1 Å². The summed E-state index contributed by atoms with van der Waals surface area (Å²) in [5.74, 6) is -3.34. The van der Waals surface area contributed by atoms with Crippen LogP contribution in [0.3, 0.4) is 0 Å². The van der Waals surface area contributed by atoms with E-state index in [0.717, 1.165) is 20.0 Å². The third-order valence-corrected chi connectivity index (χ3v) is 9.69. The molecule has 1 aromatic heterocycles. The van der Waals surface area contributed by atoms with Gasteiger partial charge in [-0.05, 0) is 55.3 Å². The highest BCUT2D eigenvalue weighted by Crippen LogP contribution is 2.48. The lowest BCUT2D eigenvalue weighted by atomic mass is 10.2. The van der Waals surface area contributed by atoms with E-state index in [2.05, 4.69) is 0 Å². The Hall–Kier alpha value is -3.58. The molecule has 0 atom stereocenters. The number of carboxylic acid groups (broad SMARTS) is 2. The van der Waals surface area contributed by atoms with Crippen LogP contribution in [0.25, 0.3) is 11.0 Å². The molecule has 0 saturated carbocycles. The van der Waals surface area contributed by atoms with Crippen molar-refractivity contribution in [1.82, 2.24) is 9.47 Å². The maximum Gasteiger partial charge on any atom is 0.323 e. The van der Waals surface area contributed by atoms with Gasteiger partial charge in [-0.2, -0.15) is 8.42 Å². The molecule has 43 heavy (non-hydrogen) atoms. The van der Waals surface area contributed by atoms with Crippen molar-refractivity contribution >= 4 is 84.7 Å².